The monoisotopic (exact) mass is 447 g/mol. The molecule has 7 nitrogen and oxygen atoms in total. The summed E-state index contributed by atoms with van der Waals surface area (Å²) in [7, 11) is -1.96. The molecule has 1 N–H and O–H groups in total. The number of piperidine rings is 1. The summed E-state index contributed by atoms with van der Waals surface area (Å²) in [4.78, 5) is 27.0. The number of rotatable bonds is 4. The van der Waals surface area contributed by atoms with E-state index in [1.165, 1.54) is 23.6 Å². The van der Waals surface area contributed by atoms with Gasteiger partial charge in [0.2, 0.25) is 21.8 Å². The number of fused-ring (bicyclic) bond motifs is 1. The van der Waals surface area contributed by atoms with Gasteiger partial charge in [-0.3, -0.25) is 9.59 Å². The van der Waals surface area contributed by atoms with Crippen molar-refractivity contribution in [1.29, 1.82) is 0 Å². The number of anilines is 1. The van der Waals surface area contributed by atoms with E-state index in [-0.39, 0.29) is 28.7 Å². The van der Waals surface area contributed by atoms with Crippen molar-refractivity contribution in [3.05, 3.63) is 23.8 Å². The van der Waals surface area contributed by atoms with E-state index >= 15 is 0 Å². The summed E-state index contributed by atoms with van der Waals surface area (Å²) in [5, 5.41) is 3.18. The predicted molar refractivity (Wildman–Crippen MR) is 119 cm³/mol. The Morgan fingerprint density at radius 3 is 2.35 bits per heavy atom. The number of nitrogens with one attached hydrogen (secondary N) is 1. The number of carbonyl (C=O) groups excluding carboxylic acids is 2. The molecule has 2 heterocycles. The van der Waals surface area contributed by atoms with Gasteiger partial charge in [0.25, 0.3) is 0 Å². The van der Waals surface area contributed by atoms with E-state index in [4.69, 9.17) is 0 Å². The first-order chi connectivity index (χ1) is 14.6. The minimum Gasteiger partial charge on any atom is -0.353 e. The number of hydrogen-bond donors (Lipinski definition) is 1. The third-order valence-corrected chi connectivity index (χ3v) is 9.15. The number of nitrogens with zero attached hydrogens (tertiary/aromatic N) is 2. The molecule has 1 aromatic carbocycles. The van der Waals surface area contributed by atoms with Gasteiger partial charge in [-0.25, -0.2) is 8.42 Å². The summed E-state index contributed by atoms with van der Waals surface area (Å²) < 4.78 is 28.0. The quantitative estimate of drug-likeness (QED) is 0.769. The lowest BCUT2D eigenvalue weighted by atomic mass is 9.86. The molecule has 2 fully saturated rings. The van der Waals surface area contributed by atoms with Gasteiger partial charge in [0.1, 0.15) is 0 Å². The highest BCUT2D eigenvalue weighted by Gasteiger charge is 2.43. The molecule has 0 unspecified atom stereocenters. The van der Waals surface area contributed by atoms with Gasteiger partial charge in [-0.1, -0.05) is 19.3 Å². The maximum absolute atomic E-state index is 13.3. The van der Waals surface area contributed by atoms with Crippen molar-refractivity contribution in [1.82, 2.24) is 9.62 Å². The van der Waals surface area contributed by atoms with Gasteiger partial charge in [0.15, 0.2) is 0 Å². The van der Waals surface area contributed by atoms with Crippen LogP contribution in [0.1, 0.15) is 64.4 Å². The molecule has 1 aliphatic carbocycles. The normalized spacial score (nSPS) is 23.1. The highest BCUT2D eigenvalue weighted by Crippen LogP contribution is 2.42. The average molecular weight is 448 g/mol. The lowest BCUT2D eigenvalue weighted by Crippen LogP contribution is -2.45. The van der Waals surface area contributed by atoms with E-state index in [9.17, 15) is 18.0 Å². The molecular weight excluding hydrogens is 414 g/mol. The van der Waals surface area contributed by atoms with Crippen molar-refractivity contribution in [2.24, 2.45) is 5.92 Å². The lowest BCUT2D eigenvalue weighted by molar-refractivity contribution is -0.127. The molecule has 2 aliphatic heterocycles. The Morgan fingerprint density at radius 1 is 1.06 bits per heavy atom. The summed E-state index contributed by atoms with van der Waals surface area (Å²) in [6, 6.07) is 5.23. The number of sulfonamides is 1. The molecule has 0 atom stereocenters. The van der Waals surface area contributed by atoms with E-state index in [1.54, 1.807) is 30.1 Å². The SMILES string of the molecule is CN1C(=O)C(C)(C)c2cc(S(=O)(=O)N3CCC(C(=O)NC4CCCCC4)CC3)ccc21. The van der Waals surface area contributed by atoms with Crippen molar-refractivity contribution in [3.8, 4) is 0 Å². The van der Waals surface area contributed by atoms with Gasteiger partial charge < -0.3 is 10.2 Å². The zero-order valence-corrected chi connectivity index (χ0v) is 19.5. The maximum atomic E-state index is 13.3. The van der Waals surface area contributed by atoms with E-state index in [2.05, 4.69) is 5.32 Å². The van der Waals surface area contributed by atoms with Gasteiger partial charge >= 0.3 is 0 Å². The third kappa shape index (κ3) is 4.00. The maximum Gasteiger partial charge on any atom is 0.243 e. The van der Waals surface area contributed by atoms with Crippen molar-refractivity contribution < 1.29 is 18.0 Å². The topological polar surface area (TPSA) is 86.8 Å². The first kappa shape index (κ1) is 22.3. The molecule has 31 heavy (non-hydrogen) atoms. The summed E-state index contributed by atoms with van der Waals surface area (Å²) in [5.74, 6) is -0.0924. The summed E-state index contributed by atoms with van der Waals surface area (Å²) in [5.41, 5.74) is 0.745. The molecule has 1 saturated carbocycles. The summed E-state index contributed by atoms with van der Waals surface area (Å²) in [6.45, 7) is 4.32. The van der Waals surface area contributed by atoms with Crippen LogP contribution in [0.25, 0.3) is 0 Å². The van der Waals surface area contributed by atoms with E-state index in [1.807, 2.05) is 13.8 Å². The Labute approximate surface area is 185 Å². The molecule has 4 rings (SSSR count). The largest absolute Gasteiger partial charge is 0.353 e. The van der Waals surface area contributed by atoms with E-state index in [0.29, 0.717) is 25.9 Å². The Hall–Kier alpha value is -1.93. The first-order valence-electron chi connectivity index (χ1n) is 11.4. The molecule has 0 radical (unpaired) electrons. The van der Waals surface area contributed by atoms with Crippen LogP contribution in [0.15, 0.2) is 23.1 Å². The van der Waals surface area contributed by atoms with Crippen molar-refractivity contribution in [2.45, 2.75) is 75.1 Å². The van der Waals surface area contributed by atoms with Gasteiger partial charge in [0.05, 0.1) is 10.3 Å². The third-order valence-electron chi connectivity index (χ3n) is 7.26. The average Bonchev–Trinajstić information content (AvgIpc) is 2.94. The summed E-state index contributed by atoms with van der Waals surface area (Å²) in [6.07, 6.45) is 6.75. The lowest BCUT2D eigenvalue weighted by Gasteiger charge is -2.32. The molecule has 170 valence electrons. The second-order valence-corrected chi connectivity index (χ2v) is 11.6. The highest BCUT2D eigenvalue weighted by molar-refractivity contribution is 7.89. The molecule has 1 aromatic rings. The zero-order valence-electron chi connectivity index (χ0n) is 18.7. The minimum atomic E-state index is -3.67. The number of carbonyl (C=O) groups is 2. The molecule has 0 spiro atoms. The smallest absolute Gasteiger partial charge is 0.243 e. The van der Waals surface area contributed by atoms with Crippen LogP contribution >= 0.6 is 0 Å². The fraction of sp³-hybridized carbons (Fsp3) is 0.652. The Kier molecular flexibility index (Phi) is 5.89. The molecule has 3 aliphatic rings. The van der Waals surface area contributed by atoms with Crippen LogP contribution in [0.5, 0.6) is 0 Å². The Morgan fingerprint density at radius 2 is 1.71 bits per heavy atom. The van der Waals surface area contributed by atoms with Crippen LogP contribution in [0.4, 0.5) is 5.69 Å². The number of benzene rings is 1. The van der Waals surface area contributed by atoms with Crippen molar-refractivity contribution in [2.75, 3.05) is 25.0 Å². The van der Waals surface area contributed by atoms with Crippen LogP contribution in [-0.4, -0.2) is 50.7 Å². The number of likely N-dealkylation sites (N-methyl/N-ethyl adjacent to an activating group) is 1. The molecule has 0 bridgehead atoms. The number of hydrogen-bond acceptors (Lipinski definition) is 4. The van der Waals surface area contributed by atoms with Gasteiger partial charge in [-0.05, 0) is 63.3 Å². The molecule has 1 saturated heterocycles. The minimum absolute atomic E-state index is 0.0400. The molecular formula is C23H33N3O4S. The molecule has 8 heteroatoms. The second kappa shape index (κ2) is 8.20. The van der Waals surface area contributed by atoms with Crippen LogP contribution < -0.4 is 10.2 Å². The van der Waals surface area contributed by atoms with Crippen molar-refractivity contribution >= 4 is 27.5 Å². The molecule has 2 amide bonds. The van der Waals surface area contributed by atoms with Crippen LogP contribution in [0, 0.1) is 5.92 Å². The van der Waals surface area contributed by atoms with Gasteiger partial charge in [-0.15, -0.1) is 0 Å². The number of amides is 2. The predicted octanol–water partition coefficient (Wildman–Crippen LogP) is 2.79. The van der Waals surface area contributed by atoms with Crippen LogP contribution in [0.3, 0.4) is 0 Å². The zero-order chi connectivity index (χ0) is 22.4. The summed E-state index contributed by atoms with van der Waals surface area (Å²) >= 11 is 0. The fourth-order valence-corrected chi connectivity index (χ4v) is 6.68. The van der Waals surface area contributed by atoms with Crippen LogP contribution in [-0.2, 0) is 25.0 Å². The van der Waals surface area contributed by atoms with Crippen LogP contribution in [0.2, 0.25) is 0 Å². The van der Waals surface area contributed by atoms with Gasteiger partial charge in [-0.2, -0.15) is 4.31 Å². The standard InChI is InChI=1S/C23H33N3O4S/c1-23(2)19-15-18(9-10-20(19)25(3)22(23)28)31(29,30)26-13-11-16(12-14-26)21(27)24-17-7-5-4-6-8-17/h9-10,15-17H,4-8,11-14H2,1-3H3,(H,24,27). The molecule has 0 aromatic heterocycles. The Balaban J connectivity index is 1.44. The van der Waals surface area contributed by atoms with E-state index in [0.717, 1.165) is 24.1 Å². The second-order valence-electron chi connectivity index (χ2n) is 9.69. The Bertz CT molecular complexity index is 975. The highest BCUT2D eigenvalue weighted by atomic mass is 32.2. The first-order valence-corrected chi connectivity index (χ1v) is 12.8. The van der Waals surface area contributed by atoms with Gasteiger partial charge in [0, 0.05) is 37.8 Å². The van der Waals surface area contributed by atoms with Crippen molar-refractivity contribution in [3.63, 3.8) is 0 Å². The van der Waals surface area contributed by atoms with E-state index < -0.39 is 15.4 Å². The fourth-order valence-electron chi connectivity index (χ4n) is 5.19.